The first-order valence-electron chi connectivity index (χ1n) is 26.6. The normalized spacial score (nSPS) is 17.8. The fraction of sp³-hybridized carbons (Fsp3) is 0.231. The molecule has 2 aliphatic carbocycles. The van der Waals surface area contributed by atoms with E-state index in [9.17, 15) is 25.2 Å². The summed E-state index contributed by atoms with van der Waals surface area (Å²) in [6, 6.07) is 43.0. The monoisotopic (exact) mass is 1050 g/mol. The van der Waals surface area contributed by atoms with Crippen molar-refractivity contribution in [3.05, 3.63) is 192 Å². The number of nitrogen functional groups attached to an aromatic ring is 1. The molecule has 3 aliphatic rings. The molecule has 14 heteroatoms. The highest BCUT2D eigenvalue weighted by atomic mass is 16.5. The number of rotatable bonds is 20. The van der Waals surface area contributed by atoms with Gasteiger partial charge >= 0.3 is 0 Å². The molecule has 1 saturated carbocycles. The molecule has 396 valence electrons. The molecular weight excluding hydrogens is 987 g/mol. The van der Waals surface area contributed by atoms with Crippen LogP contribution in [0.5, 0.6) is 23.0 Å². The van der Waals surface area contributed by atoms with E-state index in [4.69, 9.17) is 25.6 Å². The van der Waals surface area contributed by atoms with E-state index in [-0.39, 0.29) is 41.5 Å². The van der Waals surface area contributed by atoms with Gasteiger partial charge < -0.3 is 35.9 Å². The number of hydrogen-bond donors (Lipinski definition) is 4. The van der Waals surface area contributed by atoms with Crippen molar-refractivity contribution in [3.8, 4) is 57.4 Å². The zero-order valence-electron chi connectivity index (χ0n) is 44.0. The average molecular weight is 1050 g/mol. The lowest BCUT2D eigenvalue weighted by atomic mass is 9.90. The highest BCUT2D eigenvalue weighted by Crippen LogP contribution is 2.37. The molecule has 5 N–H and O–H groups in total. The Labute approximate surface area is 460 Å². The predicted octanol–water partition coefficient (Wildman–Crippen LogP) is 12.9. The summed E-state index contributed by atoms with van der Waals surface area (Å²) < 4.78 is 12.3. The van der Waals surface area contributed by atoms with E-state index in [1.807, 2.05) is 146 Å². The summed E-state index contributed by atoms with van der Waals surface area (Å²) in [6.45, 7) is 5.86. The summed E-state index contributed by atoms with van der Waals surface area (Å²) in [7, 11) is 0. The van der Waals surface area contributed by atoms with Crippen LogP contribution < -0.4 is 20.5 Å². The summed E-state index contributed by atoms with van der Waals surface area (Å²) in [6.07, 6.45) is 15.8. The van der Waals surface area contributed by atoms with Crippen LogP contribution in [0.1, 0.15) is 69.4 Å². The van der Waals surface area contributed by atoms with E-state index >= 15 is 0 Å². The largest absolute Gasteiger partial charge is 0.457 e. The lowest BCUT2D eigenvalue weighted by Gasteiger charge is -2.20. The van der Waals surface area contributed by atoms with E-state index < -0.39 is 18.1 Å². The van der Waals surface area contributed by atoms with E-state index in [1.165, 1.54) is 17.3 Å². The number of ketones is 1. The number of nitrogens with two attached hydrogens (primary N) is 1. The van der Waals surface area contributed by atoms with E-state index in [1.54, 1.807) is 12.3 Å². The molecular formula is C65H61N9O5. The van der Waals surface area contributed by atoms with Crippen molar-refractivity contribution >= 4 is 46.9 Å². The fourth-order valence-corrected chi connectivity index (χ4v) is 10.0. The first kappa shape index (κ1) is 54.3. The minimum Gasteiger partial charge on any atom is -0.457 e. The number of nitrogens with one attached hydrogen (secondary N) is 2. The number of β-amino-alcohol motifs (C(OH)–C–C–N with tert-alkyl or cyclic N) is 1. The third-order valence-electron chi connectivity index (χ3n) is 14.4. The predicted molar refractivity (Wildman–Crippen MR) is 310 cm³/mol. The summed E-state index contributed by atoms with van der Waals surface area (Å²) in [5, 5.41) is 43.5. The first-order valence-corrected chi connectivity index (χ1v) is 26.6. The third kappa shape index (κ3) is 13.6. The maximum absolute atomic E-state index is 14.0. The van der Waals surface area contributed by atoms with Crippen molar-refractivity contribution in [1.82, 2.24) is 14.9 Å². The lowest BCUT2D eigenvalue weighted by Crippen LogP contribution is -2.33. The Kier molecular flexibility index (Phi) is 17.6. The number of benzene rings is 5. The molecule has 0 spiro atoms. The molecule has 5 aromatic carbocycles. The Morgan fingerprint density at radius 3 is 2.14 bits per heavy atom. The number of Topliss-reactive ketones (excluding diaryl/α,β-unsaturated/α-hetero) is 1. The minimum absolute atomic E-state index is 0.00946. The van der Waals surface area contributed by atoms with Gasteiger partial charge in [0, 0.05) is 30.6 Å². The number of aliphatic hydroxyl groups excluding tert-OH is 1. The van der Waals surface area contributed by atoms with Crippen LogP contribution in [-0.2, 0) is 9.59 Å². The summed E-state index contributed by atoms with van der Waals surface area (Å²) in [4.78, 5) is 42.1. The molecule has 0 radical (unpaired) electrons. The SMILES string of the molecule is C=CC(=N)/C(=C(/CCC1CCC=C(C(=O)C(C#N)=CC2CC2)CC1)N=CC)c1ccc(Oc2ccc(-c3ccccc3C=C(C#N)C(=O)N3CC(O)C(Nc4ncnc(N)c4-c4ccc(Oc5ccccc5)cc4)C3)cc2)cc1. The summed E-state index contributed by atoms with van der Waals surface area (Å²) in [5.74, 6) is 3.20. The topological polar surface area (TPSA) is 224 Å². The number of aliphatic hydroxyl groups is 1. The van der Waals surface area contributed by atoms with Crippen molar-refractivity contribution < 1.29 is 24.2 Å². The molecule has 2 fully saturated rings. The molecule has 6 aromatic rings. The highest BCUT2D eigenvalue weighted by molar-refractivity contribution is 6.28. The number of nitriles is 2. The quantitative estimate of drug-likeness (QED) is 0.0320. The van der Waals surface area contributed by atoms with E-state index in [0.717, 1.165) is 72.0 Å². The number of para-hydroxylation sites is 1. The van der Waals surface area contributed by atoms with Crippen LogP contribution >= 0.6 is 0 Å². The Balaban J connectivity index is 0.832. The first-order chi connectivity index (χ1) is 38.5. The Bertz CT molecular complexity index is 3470. The van der Waals surface area contributed by atoms with E-state index in [2.05, 4.69) is 34.0 Å². The molecule has 9 rings (SSSR count). The number of likely N-dealkylation sites (tertiary alicyclic amines) is 1. The number of anilines is 2. The Morgan fingerprint density at radius 1 is 0.835 bits per heavy atom. The van der Waals surface area contributed by atoms with Crippen molar-refractivity contribution in [2.24, 2.45) is 16.8 Å². The van der Waals surface area contributed by atoms with Crippen LogP contribution in [0.15, 0.2) is 186 Å². The van der Waals surface area contributed by atoms with Gasteiger partial charge in [-0.1, -0.05) is 97.6 Å². The van der Waals surface area contributed by atoms with Gasteiger partial charge in [0.25, 0.3) is 5.91 Å². The molecule has 3 unspecified atom stereocenters. The van der Waals surface area contributed by atoms with Crippen LogP contribution in [0.25, 0.3) is 33.9 Å². The molecule has 2 heterocycles. The van der Waals surface area contributed by atoms with Crippen molar-refractivity contribution in [2.45, 2.75) is 70.4 Å². The number of nitrogens with zero attached hydrogens (tertiary/aromatic N) is 6. The van der Waals surface area contributed by atoms with Crippen LogP contribution in [-0.4, -0.2) is 68.8 Å². The van der Waals surface area contributed by atoms with Gasteiger partial charge in [-0.15, -0.1) is 0 Å². The second-order valence-corrected chi connectivity index (χ2v) is 19.8. The number of ether oxygens (including phenoxy) is 2. The standard InChI is InChI=1S/C65H61N9O5/c1-3-56(68)60(57(70-4-2)34-20-42-11-10-13-47(21-19-42)62(76)49(37-66)35-43-17-18-43)45-24-30-54(31-25-45)79-52-28-22-44(23-29-52)55-16-9-8-12-48(55)36-50(38-67)65(77)74-39-58(59(75)40-74)73-64-61(63(69)71-41-72-64)46-26-32-53(33-27-46)78-51-14-6-5-7-15-51/h3-9,12-16,22-33,35-36,41-43,58-59,68,75H,1,10-11,17-21,34,39-40H2,2H3,(H3,69,71,72,73)/b49-35?,50-36?,60-57-,68-56?,70-4?. The van der Waals surface area contributed by atoms with Crippen LogP contribution in [0.3, 0.4) is 0 Å². The lowest BCUT2D eigenvalue weighted by molar-refractivity contribution is -0.126. The molecule has 14 nitrogen and oxygen atoms in total. The van der Waals surface area contributed by atoms with Crippen LogP contribution in [0.2, 0.25) is 0 Å². The second-order valence-electron chi connectivity index (χ2n) is 19.8. The molecule has 0 bridgehead atoms. The maximum Gasteiger partial charge on any atom is 0.264 e. The number of hydrogen-bond acceptors (Lipinski definition) is 13. The fourth-order valence-electron chi connectivity index (χ4n) is 10.0. The van der Waals surface area contributed by atoms with Gasteiger partial charge in [-0.3, -0.25) is 14.6 Å². The third-order valence-corrected chi connectivity index (χ3v) is 14.4. The van der Waals surface area contributed by atoms with Crippen molar-refractivity contribution in [3.63, 3.8) is 0 Å². The van der Waals surface area contributed by atoms with Gasteiger partial charge in [0.1, 0.15) is 58.7 Å². The maximum atomic E-state index is 14.0. The van der Waals surface area contributed by atoms with Crippen molar-refractivity contribution in [2.75, 3.05) is 24.1 Å². The molecule has 1 aliphatic heterocycles. The van der Waals surface area contributed by atoms with Gasteiger partial charge in [0.05, 0.1) is 29.0 Å². The van der Waals surface area contributed by atoms with Gasteiger partial charge in [-0.25, -0.2) is 9.97 Å². The average Bonchev–Trinajstić information content (AvgIpc) is 4.32. The van der Waals surface area contributed by atoms with Gasteiger partial charge in [-0.05, 0) is 164 Å². The summed E-state index contributed by atoms with van der Waals surface area (Å²) in [5.41, 5.74) is 13.4. The van der Waals surface area contributed by atoms with Gasteiger partial charge in [0.15, 0.2) is 5.78 Å². The molecule has 1 aromatic heterocycles. The van der Waals surface area contributed by atoms with Gasteiger partial charge in [0.2, 0.25) is 0 Å². The molecule has 1 saturated heterocycles. The van der Waals surface area contributed by atoms with Crippen LogP contribution in [0.4, 0.5) is 11.6 Å². The summed E-state index contributed by atoms with van der Waals surface area (Å²) >= 11 is 0. The number of aromatic nitrogens is 2. The highest BCUT2D eigenvalue weighted by Gasteiger charge is 2.36. The minimum atomic E-state index is -0.976. The number of carbonyl (C=O) groups is 2. The Morgan fingerprint density at radius 2 is 1.48 bits per heavy atom. The number of carbonyl (C=O) groups excluding carboxylic acids is 2. The van der Waals surface area contributed by atoms with Crippen molar-refractivity contribution in [1.29, 1.82) is 15.9 Å². The van der Waals surface area contributed by atoms with Crippen LogP contribution in [0, 0.1) is 39.9 Å². The number of allylic oxidation sites excluding steroid dienone is 7. The molecule has 3 atom stereocenters. The smallest absolute Gasteiger partial charge is 0.264 e. The van der Waals surface area contributed by atoms with Gasteiger partial charge in [-0.2, -0.15) is 10.5 Å². The number of amides is 1. The zero-order chi connectivity index (χ0) is 55.3. The zero-order valence-corrected chi connectivity index (χ0v) is 44.0. The number of aliphatic imine (C=N–C) groups is 1. The Hall–Kier alpha value is -9.50. The van der Waals surface area contributed by atoms with E-state index in [0.29, 0.717) is 70.2 Å². The molecule has 79 heavy (non-hydrogen) atoms. The second kappa shape index (κ2) is 25.6. The molecule has 1 amide bonds.